The van der Waals surface area contributed by atoms with E-state index in [-0.39, 0.29) is 11.2 Å². The molecule has 0 heterocycles. The van der Waals surface area contributed by atoms with Crippen LogP contribution in [-0.4, -0.2) is 16.5 Å². The molecule has 0 aliphatic heterocycles. The van der Waals surface area contributed by atoms with Gasteiger partial charge >= 0.3 is 0 Å². The Labute approximate surface area is 140 Å². The molecule has 6 unspecified atom stereocenters. The maximum Gasteiger partial charge on any atom is 0.161 e. The van der Waals surface area contributed by atoms with Crippen molar-refractivity contribution in [2.75, 3.05) is 0 Å². The smallest absolute Gasteiger partial charge is 0.161 e. The quantitative estimate of drug-likeness (QED) is 0.714. The first-order valence-corrected chi connectivity index (χ1v) is 9.76. The van der Waals surface area contributed by atoms with E-state index in [2.05, 4.69) is 19.9 Å². The number of rotatable bonds is 1. The van der Waals surface area contributed by atoms with Gasteiger partial charge in [0.2, 0.25) is 0 Å². The standard InChI is InChI=1S/C21H32O2/c1-14(22)21(23)13-10-18-16-8-7-15-6-4-5-11-19(15,2)17(16)9-12-20(18,21)3/h6,16-18,23H,4-5,7-13H2,1-3H3. The highest BCUT2D eigenvalue weighted by molar-refractivity contribution is 5.86. The SMILES string of the molecule is CC(=O)C1(O)CCC2C3CCC4=CCCCC4(C)C3CCC21C. The molecule has 0 amide bonds. The van der Waals surface area contributed by atoms with Gasteiger partial charge in [0.1, 0.15) is 5.60 Å². The third kappa shape index (κ3) is 1.88. The number of fused-ring (bicyclic) bond motifs is 5. The molecule has 0 saturated heterocycles. The number of carbonyl (C=O) groups is 1. The van der Waals surface area contributed by atoms with Crippen LogP contribution in [0.2, 0.25) is 0 Å². The Kier molecular flexibility index (Phi) is 3.41. The Bertz CT molecular complexity index is 564. The Morgan fingerprint density at radius 1 is 1.13 bits per heavy atom. The van der Waals surface area contributed by atoms with E-state index in [1.165, 1.54) is 38.5 Å². The Hall–Kier alpha value is -0.630. The van der Waals surface area contributed by atoms with Crippen molar-refractivity contribution in [1.29, 1.82) is 0 Å². The summed E-state index contributed by atoms with van der Waals surface area (Å²) in [5.74, 6) is 2.02. The minimum atomic E-state index is -1.06. The second kappa shape index (κ2) is 4.94. The molecule has 0 aromatic heterocycles. The zero-order chi connectivity index (χ0) is 16.5. The van der Waals surface area contributed by atoms with Gasteiger partial charge in [-0.2, -0.15) is 0 Å². The second-order valence-electron chi connectivity index (χ2n) is 9.37. The lowest BCUT2D eigenvalue weighted by atomic mass is 9.46. The fourth-order valence-corrected chi connectivity index (χ4v) is 7.35. The molecule has 2 nitrogen and oxygen atoms in total. The fourth-order valence-electron chi connectivity index (χ4n) is 7.35. The molecule has 3 saturated carbocycles. The molecule has 128 valence electrons. The molecule has 0 bridgehead atoms. The summed E-state index contributed by atoms with van der Waals surface area (Å²) >= 11 is 0. The van der Waals surface area contributed by atoms with Crippen LogP contribution >= 0.6 is 0 Å². The van der Waals surface area contributed by atoms with E-state index in [1.807, 2.05) is 0 Å². The molecule has 4 aliphatic rings. The molecule has 2 heteroatoms. The predicted octanol–water partition coefficient (Wildman–Crippen LogP) is 4.66. The van der Waals surface area contributed by atoms with Crippen molar-refractivity contribution in [3.8, 4) is 0 Å². The monoisotopic (exact) mass is 316 g/mol. The van der Waals surface area contributed by atoms with Crippen LogP contribution in [0.4, 0.5) is 0 Å². The van der Waals surface area contributed by atoms with Crippen LogP contribution < -0.4 is 0 Å². The summed E-state index contributed by atoms with van der Waals surface area (Å²) in [5, 5.41) is 11.1. The van der Waals surface area contributed by atoms with Crippen LogP contribution in [0.25, 0.3) is 0 Å². The van der Waals surface area contributed by atoms with Gasteiger partial charge < -0.3 is 5.11 Å². The molecule has 4 rings (SSSR count). The molecule has 6 atom stereocenters. The maximum atomic E-state index is 12.2. The summed E-state index contributed by atoms with van der Waals surface area (Å²) in [5.41, 5.74) is 0.881. The van der Waals surface area contributed by atoms with Gasteiger partial charge in [0.25, 0.3) is 0 Å². The Balaban J connectivity index is 1.70. The third-order valence-corrected chi connectivity index (χ3v) is 8.76. The molecule has 0 spiro atoms. The number of aliphatic hydroxyl groups is 1. The number of carbonyl (C=O) groups excluding carboxylic acids is 1. The minimum absolute atomic E-state index is 0.00113. The van der Waals surface area contributed by atoms with Crippen molar-refractivity contribution in [2.24, 2.45) is 28.6 Å². The highest BCUT2D eigenvalue weighted by Gasteiger charge is 2.65. The molecule has 0 aromatic carbocycles. The molecule has 0 radical (unpaired) electrons. The van der Waals surface area contributed by atoms with Crippen LogP contribution in [0.15, 0.2) is 11.6 Å². The summed E-state index contributed by atoms with van der Waals surface area (Å²) in [6, 6.07) is 0. The molecule has 3 fully saturated rings. The van der Waals surface area contributed by atoms with E-state index in [9.17, 15) is 9.90 Å². The van der Waals surface area contributed by atoms with Crippen LogP contribution in [-0.2, 0) is 4.79 Å². The fraction of sp³-hybridized carbons (Fsp3) is 0.857. The Morgan fingerprint density at radius 2 is 1.87 bits per heavy atom. The van der Waals surface area contributed by atoms with Gasteiger partial charge in [0.05, 0.1) is 0 Å². The van der Waals surface area contributed by atoms with Crippen molar-refractivity contribution < 1.29 is 9.90 Å². The summed E-state index contributed by atoms with van der Waals surface area (Å²) in [6.07, 6.45) is 13.0. The van der Waals surface area contributed by atoms with Crippen molar-refractivity contribution in [1.82, 2.24) is 0 Å². The average Bonchev–Trinajstić information content (AvgIpc) is 2.80. The molecular weight excluding hydrogens is 284 g/mol. The Morgan fingerprint density at radius 3 is 2.61 bits per heavy atom. The lowest BCUT2D eigenvalue weighted by Gasteiger charge is -2.59. The maximum absolute atomic E-state index is 12.2. The first-order chi connectivity index (χ1) is 10.8. The predicted molar refractivity (Wildman–Crippen MR) is 92.0 cm³/mol. The summed E-state index contributed by atoms with van der Waals surface area (Å²) in [4.78, 5) is 12.2. The normalized spacial score (nSPS) is 52.2. The van der Waals surface area contributed by atoms with E-state index < -0.39 is 5.60 Å². The lowest BCUT2D eigenvalue weighted by molar-refractivity contribution is -0.159. The van der Waals surface area contributed by atoms with Crippen LogP contribution in [0, 0.1) is 28.6 Å². The van der Waals surface area contributed by atoms with Crippen molar-refractivity contribution in [3.05, 3.63) is 11.6 Å². The van der Waals surface area contributed by atoms with Gasteiger partial charge in [-0.15, -0.1) is 0 Å². The van der Waals surface area contributed by atoms with E-state index in [4.69, 9.17) is 0 Å². The largest absolute Gasteiger partial charge is 0.382 e. The van der Waals surface area contributed by atoms with Gasteiger partial charge in [0, 0.05) is 5.41 Å². The van der Waals surface area contributed by atoms with Crippen LogP contribution in [0.3, 0.4) is 0 Å². The number of ketones is 1. The van der Waals surface area contributed by atoms with Crippen molar-refractivity contribution >= 4 is 5.78 Å². The van der Waals surface area contributed by atoms with E-state index >= 15 is 0 Å². The lowest BCUT2D eigenvalue weighted by Crippen LogP contribution is -2.56. The van der Waals surface area contributed by atoms with Crippen molar-refractivity contribution in [3.63, 3.8) is 0 Å². The first kappa shape index (κ1) is 15.9. The van der Waals surface area contributed by atoms with Gasteiger partial charge in [-0.3, -0.25) is 4.79 Å². The molecule has 4 aliphatic carbocycles. The number of allylic oxidation sites excluding steroid dienone is 2. The van der Waals surface area contributed by atoms with Crippen molar-refractivity contribution in [2.45, 2.75) is 84.2 Å². The summed E-state index contributed by atoms with van der Waals surface area (Å²) in [6.45, 7) is 6.34. The molecular formula is C21H32O2. The molecule has 23 heavy (non-hydrogen) atoms. The van der Waals surface area contributed by atoms with Gasteiger partial charge in [-0.25, -0.2) is 0 Å². The molecule has 1 N–H and O–H groups in total. The van der Waals surface area contributed by atoms with Gasteiger partial charge in [-0.1, -0.05) is 25.5 Å². The zero-order valence-electron chi connectivity index (χ0n) is 15.0. The first-order valence-electron chi connectivity index (χ1n) is 9.76. The minimum Gasteiger partial charge on any atom is -0.382 e. The van der Waals surface area contributed by atoms with E-state index in [1.54, 1.807) is 12.5 Å². The summed E-state index contributed by atoms with van der Waals surface area (Å²) < 4.78 is 0. The number of Topliss-reactive ketones (excluding diaryl/α,β-unsaturated/α-hetero) is 1. The highest BCUT2D eigenvalue weighted by atomic mass is 16.3. The van der Waals surface area contributed by atoms with Crippen LogP contribution in [0.1, 0.15) is 78.6 Å². The topological polar surface area (TPSA) is 37.3 Å². The zero-order valence-corrected chi connectivity index (χ0v) is 15.0. The van der Waals surface area contributed by atoms with E-state index in [0.717, 1.165) is 18.8 Å². The summed E-state index contributed by atoms with van der Waals surface area (Å²) in [7, 11) is 0. The van der Waals surface area contributed by atoms with Crippen LogP contribution in [0.5, 0.6) is 0 Å². The van der Waals surface area contributed by atoms with E-state index in [0.29, 0.717) is 23.7 Å². The number of hydrogen-bond acceptors (Lipinski definition) is 2. The highest BCUT2D eigenvalue weighted by Crippen LogP contribution is 2.67. The molecule has 0 aromatic rings. The van der Waals surface area contributed by atoms with Gasteiger partial charge in [0.15, 0.2) is 5.78 Å². The van der Waals surface area contributed by atoms with Gasteiger partial charge in [-0.05, 0) is 87.9 Å². The number of hydrogen-bond donors (Lipinski definition) is 1. The third-order valence-electron chi connectivity index (χ3n) is 8.76. The second-order valence-corrected chi connectivity index (χ2v) is 9.37. The average molecular weight is 316 g/mol.